The molecule has 1 saturated heterocycles. The van der Waals surface area contributed by atoms with Gasteiger partial charge in [-0.05, 0) is 56.0 Å². The number of hydrogen-bond acceptors (Lipinski definition) is 5. The maximum absolute atomic E-state index is 12.9. The van der Waals surface area contributed by atoms with Crippen molar-refractivity contribution >= 4 is 11.7 Å². The largest absolute Gasteiger partial charge is 0.507 e. The van der Waals surface area contributed by atoms with Crippen LogP contribution in [0.3, 0.4) is 0 Å². The van der Waals surface area contributed by atoms with Gasteiger partial charge in [-0.1, -0.05) is 0 Å². The molecule has 0 unspecified atom stereocenters. The zero-order valence-electron chi connectivity index (χ0n) is 15.8. The first kappa shape index (κ1) is 19.9. The number of phenols is 1. The van der Waals surface area contributed by atoms with Crippen LogP contribution in [-0.4, -0.2) is 45.7 Å². The molecule has 1 aromatic carbocycles. The Morgan fingerprint density at radius 1 is 1.18 bits per heavy atom. The van der Waals surface area contributed by atoms with Gasteiger partial charge < -0.3 is 15.3 Å². The third kappa shape index (κ3) is 3.88. The number of piperidine rings is 1. The number of anilines is 1. The summed E-state index contributed by atoms with van der Waals surface area (Å²) in [6, 6.07) is 2.89. The molecule has 0 aliphatic carbocycles. The van der Waals surface area contributed by atoms with Gasteiger partial charge in [0.25, 0.3) is 0 Å². The molecule has 1 atom stereocenters. The second kappa shape index (κ2) is 7.29. The number of alkyl halides is 3. The number of amides is 1. The van der Waals surface area contributed by atoms with Crippen LogP contribution >= 0.6 is 0 Å². The molecule has 1 aromatic heterocycles. The highest BCUT2D eigenvalue weighted by atomic mass is 19.4. The Morgan fingerprint density at radius 3 is 2.50 bits per heavy atom. The van der Waals surface area contributed by atoms with E-state index in [1.165, 1.54) is 6.92 Å². The predicted octanol–water partition coefficient (Wildman–Crippen LogP) is 3.52. The van der Waals surface area contributed by atoms with Crippen LogP contribution in [-0.2, 0) is 11.0 Å². The quantitative estimate of drug-likeness (QED) is 0.833. The molecule has 6 nitrogen and oxygen atoms in total. The van der Waals surface area contributed by atoms with Gasteiger partial charge in [-0.2, -0.15) is 13.2 Å². The number of carbonyl (C=O) groups is 1. The van der Waals surface area contributed by atoms with Crippen molar-refractivity contribution in [2.24, 2.45) is 0 Å². The van der Waals surface area contributed by atoms with Crippen molar-refractivity contribution in [1.82, 2.24) is 15.1 Å². The Morgan fingerprint density at radius 2 is 1.89 bits per heavy atom. The van der Waals surface area contributed by atoms with E-state index in [4.69, 9.17) is 0 Å². The maximum Gasteiger partial charge on any atom is 0.416 e. The average molecular weight is 394 g/mol. The van der Waals surface area contributed by atoms with Crippen molar-refractivity contribution < 1.29 is 23.1 Å². The van der Waals surface area contributed by atoms with Gasteiger partial charge >= 0.3 is 6.18 Å². The second-order valence-corrected chi connectivity index (χ2v) is 7.05. The van der Waals surface area contributed by atoms with E-state index in [1.54, 1.807) is 24.9 Å². The SMILES string of the molecule is Cc1cc(-c2c(C)cc(C(F)(F)F)cc2O)nnc1N[C@H]1CCCN(C)C1=O. The summed E-state index contributed by atoms with van der Waals surface area (Å²) in [5.41, 5.74) is 0.451. The standard InChI is InChI=1S/C19H21F3N4O2/c1-10-7-12(19(20,21)22)9-15(27)16(10)14-8-11(2)17(25-24-14)23-13-5-4-6-26(3)18(13)28/h7-9,13,27H,4-6H2,1-3H3,(H,23,25)/t13-/m0/s1. The highest BCUT2D eigenvalue weighted by Gasteiger charge is 2.32. The zero-order chi connectivity index (χ0) is 20.6. The number of aromatic nitrogens is 2. The Hall–Kier alpha value is -2.84. The van der Waals surface area contributed by atoms with E-state index in [9.17, 15) is 23.1 Å². The molecular formula is C19H21F3N4O2. The first-order valence-electron chi connectivity index (χ1n) is 8.85. The van der Waals surface area contributed by atoms with Crippen LogP contribution in [0.4, 0.5) is 19.0 Å². The molecule has 2 heterocycles. The molecule has 1 aliphatic heterocycles. The second-order valence-electron chi connectivity index (χ2n) is 7.05. The number of benzene rings is 1. The third-order valence-electron chi connectivity index (χ3n) is 4.85. The number of aromatic hydroxyl groups is 1. The number of phenolic OH excluding ortho intramolecular Hbond substituents is 1. The number of likely N-dealkylation sites (tertiary alicyclic amines) is 1. The van der Waals surface area contributed by atoms with E-state index in [2.05, 4.69) is 15.5 Å². The summed E-state index contributed by atoms with van der Waals surface area (Å²) < 4.78 is 38.7. The maximum atomic E-state index is 12.9. The van der Waals surface area contributed by atoms with Crippen LogP contribution in [0.5, 0.6) is 5.75 Å². The Balaban J connectivity index is 1.90. The van der Waals surface area contributed by atoms with Gasteiger partial charge in [0.2, 0.25) is 5.91 Å². The highest BCUT2D eigenvalue weighted by Crippen LogP contribution is 2.38. The smallest absolute Gasteiger partial charge is 0.416 e. The molecule has 0 radical (unpaired) electrons. The number of halogens is 3. The molecule has 0 bridgehead atoms. The summed E-state index contributed by atoms with van der Waals surface area (Å²) in [6.45, 7) is 3.95. The lowest BCUT2D eigenvalue weighted by Gasteiger charge is -2.30. The Labute approximate surface area is 160 Å². The minimum Gasteiger partial charge on any atom is -0.507 e. The van der Waals surface area contributed by atoms with E-state index >= 15 is 0 Å². The third-order valence-corrected chi connectivity index (χ3v) is 4.85. The van der Waals surface area contributed by atoms with Gasteiger partial charge in [-0.25, -0.2) is 0 Å². The topological polar surface area (TPSA) is 78.4 Å². The van der Waals surface area contributed by atoms with Gasteiger partial charge in [-0.3, -0.25) is 4.79 Å². The Bertz CT molecular complexity index is 892. The minimum absolute atomic E-state index is 0.0206. The molecule has 28 heavy (non-hydrogen) atoms. The molecule has 2 N–H and O–H groups in total. The molecule has 2 aromatic rings. The Kier molecular flexibility index (Phi) is 5.18. The molecule has 1 amide bonds. The van der Waals surface area contributed by atoms with Crippen molar-refractivity contribution in [3.05, 3.63) is 34.9 Å². The summed E-state index contributed by atoms with van der Waals surface area (Å²) in [7, 11) is 1.74. The molecule has 150 valence electrons. The number of nitrogens with zero attached hydrogens (tertiary/aromatic N) is 3. The molecule has 1 aliphatic rings. The molecule has 9 heteroatoms. The van der Waals surface area contributed by atoms with Gasteiger partial charge in [0.05, 0.1) is 11.3 Å². The number of hydrogen-bond donors (Lipinski definition) is 2. The van der Waals surface area contributed by atoms with Crippen LogP contribution in [0.25, 0.3) is 11.3 Å². The van der Waals surface area contributed by atoms with Crippen LogP contribution in [0, 0.1) is 13.8 Å². The molecule has 0 saturated carbocycles. The van der Waals surface area contributed by atoms with Gasteiger partial charge in [0.1, 0.15) is 11.8 Å². The molecule has 3 rings (SSSR count). The van der Waals surface area contributed by atoms with E-state index < -0.39 is 17.5 Å². The zero-order valence-corrected chi connectivity index (χ0v) is 15.8. The van der Waals surface area contributed by atoms with Crippen molar-refractivity contribution in [3.63, 3.8) is 0 Å². The normalized spacial score (nSPS) is 17.7. The lowest BCUT2D eigenvalue weighted by atomic mass is 9.99. The number of nitrogens with one attached hydrogen (secondary N) is 1. The van der Waals surface area contributed by atoms with Crippen LogP contribution in [0.2, 0.25) is 0 Å². The minimum atomic E-state index is -4.55. The van der Waals surface area contributed by atoms with Crippen molar-refractivity contribution in [1.29, 1.82) is 0 Å². The molecular weight excluding hydrogens is 373 g/mol. The summed E-state index contributed by atoms with van der Waals surface area (Å²) in [4.78, 5) is 13.9. The summed E-state index contributed by atoms with van der Waals surface area (Å²) in [5.74, 6) is -0.0972. The molecule has 1 fully saturated rings. The number of likely N-dealkylation sites (N-methyl/N-ethyl adjacent to an activating group) is 1. The van der Waals surface area contributed by atoms with E-state index in [-0.39, 0.29) is 28.8 Å². The van der Waals surface area contributed by atoms with Crippen molar-refractivity contribution in [3.8, 4) is 17.0 Å². The average Bonchev–Trinajstić information content (AvgIpc) is 2.59. The van der Waals surface area contributed by atoms with Crippen molar-refractivity contribution in [2.75, 3.05) is 18.9 Å². The number of aryl methyl sites for hydroxylation is 2. The fourth-order valence-corrected chi connectivity index (χ4v) is 3.35. The number of carbonyl (C=O) groups excluding carboxylic acids is 1. The van der Waals surface area contributed by atoms with Gasteiger partial charge in [-0.15, -0.1) is 10.2 Å². The first-order chi connectivity index (χ1) is 13.1. The van der Waals surface area contributed by atoms with Gasteiger partial charge in [0.15, 0.2) is 5.82 Å². The summed E-state index contributed by atoms with van der Waals surface area (Å²) in [6.07, 6.45) is -2.98. The van der Waals surface area contributed by atoms with E-state index in [1.807, 2.05) is 0 Å². The van der Waals surface area contributed by atoms with E-state index in [0.29, 0.717) is 30.4 Å². The van der Waals surface area contributed by atoms with Crippen LogP contribution in [0.15, 0.2) is 18.2 Å². The van der Waals surface area contributed by atoms with Crippen LogP contribution in [0.1, 0.15) is 29.5 Å². The lowest BCUT2D eigenvalue weighted by molar-refractivity contribution is -0.137. The molecule has 0 spiro atoms. The first-order valence-corrected chi connectivity index (χ1v) is 8.85. The fourth-order valence-electron chi connectivity index (χ4n) is 3.35. The van der Waals surface area contributed by atoms with Gasteiger partial charge in [0, 0.05) is 19.2 Å². The summed E-state index contributed by atoms with van der Waals surface area (Å²) in [5, 5.41) is 21.4. The predicted molar refractivity (Wildman–Crippen MR) is 97.9 cm³/mol. The van der Waals surface area contributed by atoms with Crippen LogP contribution < -0.4 is 5.32 Å². The number of rotatable bonds is 3. The summed E-state index contributed by atoms with van der Waals surface area (Å²) >= 11 is 0. The fraction of sp³-hybridized carbons (Fsp3) is 0.421. The van der Waals surface area contributed by atoms with E-state index in [0.717, 1.165) is 12.5 Å². The highest BCUT2D eigenvalue weighted by molar-refractivity contribution is 5.85. The van der Waals surface area contributed by atoms with Crippen molar-refractivity contribution in [2.45, 2.75) is 38.9 Å². The monoisotopic (exact) mass is 394 g/mol. The lowest BCUT2D eigenvalue weighted by Crippen LogP contribution is -2.45.